The second-order valence-corrected chi connectivity index (χ2v) is 5.71. The van der Waals surface area contributed by atoms with E-state index in [-0.39, 0.29) is 0 Å². The predicted molar refractivity (Wildman–Crippen MR) is 91.6 cm³/mol. The Kier molecular flexibility index (Phi) is 4.10. The number of ether oxygens (including phenoxy) is 1. The van der Waals surface area contributed by atoms with Crippen molar-refractivity contribution in [2.24, 2.45) is 0 Å². The van der Waals surface area contributed by atoms with E-state index in [1.54, 1.807) is 7.11 Å². The second-order valence-electron chi connectivity index (χ2n) is 5.71. The smallest absolute Gasteiger partial charge is 0.124 e. The number of aryl methyl sites for hydroxylation is 4. The Bertz CT molecular complexity index is 808. The van der Waals surface area contributed by atoms with Crippen LogP contribution in [-0.2, 0) is 12.8 Å². The molecular formula is C20H21NO. The lowest BCUT2D eigenvalue weighted by molar-refractivity contribution is 0.406. The summed E-state index contributed by atoms with van der Waals surface area (Å²) < 4.78 is 5.56. The zero-order valence-electron chi connectivity index (χ0n) is 13.4. The molecule has 112 valence electrons. The summed E-state index contributed by atoms with van der Waals surface area (Å²) in [6.45, 7) is 4.13. The maximum atomic E-state index is 5.56. The van der Waals surface area contributed by atoms with Crippen molar-refractivity contribution in [1.29, 1.82) is 0 Å². The van der Waals surface area contributed by atoms with Gasteiger partial charge >= 0.3 is 0 Å². The van der Waals surface area contributed by atoms with Crippen molar-refractivity contribution in [3.8, 4) is 5.75 Å². The molecule has 0 spiro atoms. The Morgan fingerprint density at radius 1 is 0.864 bits per heavy atom. The number of rotatable bonds is 4. The average molecular weight is 291 g/mol. The first kappa shape index (κ1) is 14.6. The highest BCUT2D eigenvalue weighted by Gasteiger charge is 2.08. The highest BCUT2D eigenvalue weighted by molar-refractivity contribution is 5.82. The first-order valence-electron chi connectivity index (χ1n) is 7.67. The molecule has 0 atom stereocenters. The summed E-state index contributed by atoms with van der Waals surface area (Å²) in [4.78, 5) is 4.72. The third kappa shape index (κ3) is 2.82. The van der Waals surface area contributed by atoms with Crippen LogP contribution in [0.5, 0.6) is 5.75 Å². The number of hydrogen-bond acceptors (Lipinski definition) is 2. The molecule has 0 unspecified atom stereocenters. The number of nitrogens with zero attached hydrogens (tertiary/aromatic N) is 1. The molecule has 0 bridgehead atoms. The van der Waals surface area contributed by atoms with Crippen molar-refractivity contribution in [2.75, 3.05) is 7.11 Å². The van der Waals surface area contributed by atoms with Gasteiger partial charge in [0, 0.05) is 11.1 Å². The Labute approximate surface area is 131 Å². The average Bonchev–Trinajstić information content (AvgIpc) is 2.53. The van der Waals surface area contributed by atoms with Crippen LogP contribution in [0.3, 0.4) is 0 Å². The summed E-state index contributed by atoms with van der Waals surface area (Å²) in [5.41, 5.74) is 5.92. The first-order valence-corrected chi connectivity index (χ1v) is 7.67. The molecule has 2 heteroatoms. The Morgan fingerprint density at radius 3 is 2.41 bits per heavy atom. The maximum Gasteiger partial charge on any atom is 0.124 e. The monoisotopic (exact) mass is 291 g/mol. The first-order chi connectivity index (χ1) is 10.7. The van der Waals surface area contributed by atoms with Crippen LogP contribution < -0.4 is 4.74 Å². The molecule has 0 saturated heterocycles. The Balaban J connectivity index is 1.92. The number of methoxy groups -OCH3 is 1. The van der Waals surface area contributed by atoms with Gasteiger partial charge in [0.15, 0.2) is 0 Å². The Morgan fingerprint density at radius 2 is 1.59 bits per heavy atom. The van der Waals surface area contributed by atoms with E-state index >= 15 is 0 Å². The van der Waals surface area contributed by atoms with Gasteiger partial charge < -0.3 is 4.74 Å². The molecular weight excluding hydrogens is 270 g/mol. The van der Waals surface area contributed by atoms with Gasteiger partial charge in [0.2, 0.25) is 0 Å². The van der Waals surface area contributed by atoms with Crippen molar-refractivity contribution in [3.63, 3.8) is 0 Å². The van der Waals surface area contributed by atoms with E-state index in [1.165, 1.54) is 22.1 Å². The minimum Gasteiger partial charge on any atom is -0.496 e. The zero-order chi connectivity index (χ0) is 15.5. The molecule has 3 rings (SSSR count). The van der Waals surface area contributed by atoms with Gasteiger partial charge in [-0.15, -0.1) is 0 Å². The molecule has 0 saturated carbocycles. The largest absolute Gasteiger partial charge is 0.496 e. The lowest BCUT2D eigenvalue weighted by Crippen LogP contribution is -1.99. The SMILES string of the molecule is COc1c(C)cccc1CCc1cccc2ccc(C)nc12. The molecule has 0 aliphatic heterocycles. The third-order valence-corrected chi connectivity index (χ3v) is 4.10. The maximum absolute atomic E-state index is 5.56. The summed E-state index contributed by atoms with van der Waals surface area (Å²) in [5, 5.41) is 1.21. The van der Waals surface area contributed by atoms with Crippen LogP contribution >= 0.6 is 0 Å². The van der Waals surface area contributed by atoms with E-state index < -0.39 is 0 Å². The summed E-state index contributed by atoms with van der Waals surface area (Å²) in [5.74, 6) is 1.01. The molecule has 22 heavy (non-hydrogen) atoms. The van der Waals surface area contributed by atoms with Crippen LogP contribution in [0.25, 0.3) is 10.9 Å². The van der Waals surface area contributed by atoms with Crippen molar-refractivity contribution >= 4 is 10.9 Å². The van der Waals surface area contributed by atoms with E-state index in [4.69, 9.17) is 9.72 Å². The van der Waals surface area contributed by atoms with Crippen LogP contribution in [0.15, 0.2) is 48.5 Å². The fraction of sp³-hybridized carbons (Fsp3) is 0.250. The van der Waals surface area contributed by atoms with Crippen molar-refractivity contribution < 1.29 is 4.74 Å². The molecule has 0 N–H and O–H groups in total. The minimum absolute atomic E-state index is 0.958. The summed E-state index contributed by atoms with van der Waals surface area (Å²) in [6.07, 6.45) is 1.92. The topological polar surface area (TPSA) is 22.1 Å². The van der Waals surface area contributed by atoms with Crippen molar-refractivity contribution in [3.05, 3.63) is 70.9 Å². The van der Waals surface area contributed by atoms with Crippen LogP contribution in [0.2, 0.25) is 0 Å². The van der Waals surface area contributed by atoms with Crippen molar-refractivity contribution in [1.82, 2.24) is 4.98 Å². The number of aromatic nitrogens is 1. The minimum atomic E-state index is 0.958. The van der Waals surface area contributed by atoms with Gasteiger partial charge in [-0.2, -0.15) is 0 Å². The van der Waals surface area contributed by atoms with Crippen LogP contribution in [0.1, 0.15) is 22.4 Å². The Hall–Kier alpha value is -2.35. The standard InChI is InChI=1S/C20H21NO/c1-14-6-4-9-18(20(14)22-3)13-12-17-8-5-7-16-11-10-15(2)21-19(16)17/h4-11H,12-13H2,1-3H3. The normalized spacial score (nSPS) is 10.9. The zero-order valence-corrected chi connectivity index (χ0v) is 13.4. The number of para-hydroxylation sites is 2. The third-order valence-electron chi connectivity index (χ3n) is 4.10. The molecule has 1 aromatic heterocycles. The molecule has 0 amide bonds. The molecule has 3 aromatic rings. The van der Waals surface area contributed by atoms with Gasteiger partial charge in [-0.25, -0.2) is 0 Å². The fourth-order valence-electron chi connectivity index (χ4n) is 2.98. The summed E-state index contributed by atoms with van der Waals surface area (Å²) in [6, 6.07) is 17.0. The van der Waals surface area contributed by atoms with Gasteiger partial charge in [-0.05, 0) is 49.4 Å². The molecule has 0 fully saturated rings. The number of fused-ring (bicyclic) bond motifs is 1. The summed E-state index contributed by atoms with van der Waals surface area (Å²) in [7, 11) is 1.74. The molecule has 2 aromatic carbocycles. The van der Waals surface area contributed by atoms with Crippen molar-refractivity contribution in [2.45, 2.75) is 26.7 Å². The van der Waals surface area contributed by atoms with Crippen LogP contribution in [0.4, 0.5) is 0 Å². The lowest BCUT2D eigenvalue weighted by Gasteiger charge is -2.12. The number of hydrogen-bond donors (Lipinski definition) is 0. The van der Waals surface area contributed by atoms with Gasteiger partial charge in [-0.1, -0.05) is 42.5 Å². The molecule has 2 nitrogen and oxygen atoms in total. The van der Waals surface area contributed by atoms with E-state index in [0.29, 0.717) is 0 Å². The van der Waals surface area contributed by atoms with Gasteiger partial charge in [0.1, 0.15) is 5.75 Å². The van der Waals surface area contributed by atoms with E-state index in [1.807, 2.05) is 6.92 Å². The molecule has 0 aliphatic rings. The van der Waals surface area contributed by atoms with Gasteiger partial charge in [-0.3, -0.25) is 4.98 Å². The van der Waals surface area contributed by atoms with Crippen LogP contribution in [-0.4, -0.2) is 12.1 Å². The quantitative estimate of drug-likeness (QED) is 0.698. The van der Waals surface area contributed by atoms with E-state index in [2.05, 4.69) is 55.5 Å². The fourth-order valence-corrected chi connectivity index (χ4v) is 2.98. The predicted octanol–water partition coefficient (Wildman–Crippen LogP) is 4.65. The van der Waals surface area contributed by atoms with E-state index in [0.717, 1.165) is 29.8 Å². The highest BCUT2D eigenvalue weighted by Crippen LogP contribution is 2.25. The summed E-state index contributed by atoms with van der Waals surface area (Å²) >= 11 is 0. The molecule has 0 aliphatic carbocycles. The molecule has 0 radical (unpaired) electrons. The van der Waals surface area contributed by atoms with Gasteiger partial charge in [0.25, 0.3) is 0 Å². The van der Waals surface area contributed by atoms with Crippen LogP contribution in [0, 0.1) is 13.8 Å². The number of benzene rings is 2. The lowest BCUT2D eigenvalue weighted by atomic mass is 9.99. The number of pyridine rings is 1. The van der Waals surface area contributed by atoms with Gasteiger partial charge in [0.05, 0.1) is 12.6 Å². The molecule has 1 heterocycles. The second kappa shape index (κ2) is 6.18. The van der Waals surface area contributed by atoms with E-state index in [9.17, 15) is 0 Å². The highest BCUT2D eigenvalue weighted by atomic mass is 16.5.